The lowest BCUT2D eigenvalue weighted by molar-refractivity contribution is 0.268. The van der Waals surface area contributed by atoms with E-state index < -0.39 is 9.23 Å². The van der Waals surface area contributed by atoms with Crippen molar-refractivity contribution < 1.29 is 5.11 Å². The van der Waals surface area contributed by atoms with Crippen LogP contribution in [0.1, 0.15) is 5.56 Å². The Bertz CT molecular complexity index is 326. The first-order valence-electron chi connectivity index (χ1n) is 4.01. The van der Waals surface area contributed by atoms with E-state index in [0.717, 1.165) is 17.3 Å². The number of hydrogen-bond donors (Lipinski definition) is 1. The quantitative estimate of drug-likeness (QED) is 0.665. The third-order valence-corrected chi connectivity index (χ3v) is 4.16. The van der Waals surface area contributed by atoms with Crippen LogP contribution in [-0.4, -0.2) is 14.3 Å². The summed E-state index contributed by atoms with van der Waals surface area (Å²) in [6.45, 7) is 0. The van der Waals surface area contributed by atoms with Crippen molar-refractivity contribution in [3.8, 4) is 0 Å². The summed E-state index contributed by atoms with van der Waals surface area (Å²) in [7, 11) is 0. The first kappa shape index (κ1) is 13.8. The molecule has 0 spiro atoms. The zero-order valence-electron chi connectivity index (χ0n) is 7.46. The maximum absolute atomic E-state index is 9.46. The summed E-state index contributed by atoms with van der Waals surface area (Å²) in [6, 6.07) is 7.34. The lowest BCUT2D eigenvalue weighted by Gasteiger charge is -2.18. The lowest BCUT2D eigenvalue weighted by atomic mass is 10.2. The van der Waals surface area contributed by atoms with Gasteiger partial charge >= 0.3 is 0 Å². The van der Waals surface area contributed by atoms with Gasteiger partial charge in [-0.15, -0.1) is 11.8 Å². The van der Waals surface area contributed by atoms with Gasteiger partial charge in [-0.1, -0.05) is 64.6 Å². The van der Waals surface area contributed by atoms with Crippen LogP contribution < -0.4 is 0 Å². The molecule has 1 aromatic rings. The smallest absolute Gasteiger partial charge is 0.225 e. The summed E-state index contributed by atoms with van der Waals surface area (Å²) in [5, 5.41) is 10.1. The molecule has 6 heteroatoms. The van der Waals surface area contributed by atoms with Crippen molar-refractivity contribution in [2.24, 2.45) is 0 Å². The van der Waals surface area contributed by atoms with E-state index in [9.17, 15) is 5.11 Å². The minimum Gasteiger partial charge on any atom is -0.378 e. The molecule has 1 aromatic carbocycles. The molecule has 1 unspecified atom stereocenters. The highest BCUT2D eigenvalue weighted by atomic mass is 35.6. The Kier molecular flexibility index (Phi) is 5.37. The molecule has 0 bridgehead atoms. The molecule has 0 aliphatic heterocycles. The molecular weight excluding hydrogens is 298 g/mol. The van der Waals surface area contributed by atoms with Gasteiger partial charge in [-0.2, -0.15) is 0 Å². The summed E-state index contributed by atoms with van der Waals surface area (Å²) in [4.78, 5) is 0. The van der Waals surface area contributed by atoms with Crippen LogP contribution in [0, 0.1) is 0 Å². The largest absolute Gasteiger partial charge is 0.378 e. The number of alkyl halides is 3. The van der Waals surface area contributed by atoms with E-state index in [1.54, 1.807) is 6.07 Å². The number of thioether (sulfide) groups is 1. The Hall–Kier alpha value is 0.690. The third-order valence-electron chi connectivity index (χ3n) is 1.63. The van der Waals surface area contributed by atoms with E-state index in [1.807, 2.05) is 18.2 Å². The molecule has 84 valence electrons. The van der Waals surface area contributed by atoms with Crippen molar-refractivity contribution in [2.45, 2.75) is 15.0 Å². The predicted molar refractivity (Wildman–Crippen MR) is 69.0 cm³/mol. The summed E-state index contributed by atoms with van der Waals surface area (Å²) in [5.74, 6) is 0.495. The molecule has 1 N–H and O–H groups in total. The van der Waals surface area contributed by atoms with Crippen LogP contribution >= 0.6 is 58.2 Å². The first-order chi connectivity index (χ1) is 6.91. The Morgan fingerprint density at radius 3 is 2.40 bits per heavy atom. The summed E-state index contributed by atoms with van der Waals surface area (Å²) < 4.78 is -1.67. The Balaban J connectivity index is 2.55. The molecule has 0 aliphatic carbocycles. The molecule has 0 amide bonds. The van der Waals surface area contributed by atoms with Crippen molar-refractivity contribution in [3.63, 3.8) is 0 Å². The van der Waals surface area contributed by atoms with Gasteiger partial charge in [-0.3, -0.25) is 0 Å². The molecule has 15 heavy (non-hydrogen) atoms. The van der Waals surface area contributed by atoms with Crippen LogP contribution in [-0.2, 0) is 5.75 Å². The second-order valence-corrected chi connectivity index (χ2v) is 6.64. The van der Waals surface area contributed by atoms with Crippen molar-refractivity contribution in [3.05, 3.63) is 34.9 Å². The van der Waals surface area contributed by atoms with Crippen molar-refractivity contribution in [2.75, 3.05) is 0 Å². The number of halogens is 4. The van der Waals surface area contributed by atoms with E-state index in [-0.39, 0.29) is 0 Å². The van der Waals surface area contributed by atoms with Crippen LogP contribution in [0.25, 0.3) is 0 Å². The molecule has 1 nitrogen and oxygen atoms in total. The molecule has 1 rings (SSSR count). The molecule has 0 heterocycles. The fourth-order valence-electron chi connectivity index (χ4n) is 0.879. The maximum Gasteiger partial charge on any atom is 0.225 e. The van der Waals surface area contributed by atoms with Crippen molar-refractivity contribution in [1.29, 1.82) is 0 Å². The van der Waals surface area contributed by atoms with E-state index in [0.29, 0.717) is 10.8 Å². The first-order valence-corrected chi connectivity index (χ1v) is 6.57. The van der Waals surface area contributed by atoms with E-state index in [2.05, 4.69) is 0 Å². The van der Waals surface area contributed by atoms with E-state index in [1.165, 1.54) is 0 Å². The summed E-state index contributed by atoms with van der Waals surface area (Å²) in [6.07, 6.45) is 0. The van der Waals surface area contributed by atoms with Gasteiger partial charge in [0.05, 0.1) is 0 Å². The molecule has 0 aromatic heterocycles. The molecule has 0 radical (unpaired) electrons. The highest BCUT2D eigenvalue weighted by Crippen LogP contribution is 2.37. The minimum absolute atomic E-state index is 0.495. The fraction of sp³-hybridized carbons (Fsp3) is 0.333. The third kappa shape index (κ3) is 4.59. The number of aliphatic hydroxyl groups excluding tert-OH is 1. The predicted octanol–water partition coefficient (Wildman–Crippen LogP) is 4.26. The number of rotatable bonds is 3. The fourth-order valence-corrected chi connectivity index (χ4v) is 2.51. The molecule has 0 saturated carbocycles. The van der Waals surface area contributed by atoms with Gasteiger partial charge in [0.25, 0.3) is 0 Å². The molecule has 0 aliphatic rings. The maximum atomic E-state index is 9.46. The van der Waals surface area contributed by atoms with Crippen molar-refractivity contribution in [1.82, 2.24) is 0 Å². The normalized spacial score (nSPS) is 13.9. The molecule has 0 saturated heterocycles. The lowest BCUT2D eigenvalue weighted by Crippen LogP contribution is -2.21. The Morgan fingerprint density at radius 2 is 1.87 bits per heavy atom. The van der Waals surface area contributed by atoms with Crippen molar-refractivity contribution >= 4 is 58.2 Å². The van der Waals surface area contributed by atoms with Crippen LogP contribution in [0.5, 0.6) is 0 Å². The van der Waals surface area contributed by atoms with Crippen LogP contribution in [0.3, 0.4) is 0 Å². The van der Waals surface area contributed by atoms with E-state index in [4.69, 9.17) is 46.4 Å². The zero-order chi connectivity index (χ0) is 11.5. The highest BCUT2D eigenvalue weighted by molar-refractivity contribution is 7.99. The minimum atomic E-state index is -1.67. The summed E-state index contributed by atoms with van der Waals surface area (Å²) >= 11 is 23.6. The topological polar surface area (TPSA) is 20.2 Å². The van der Waals surface area contributed by atoms with Crippen LogP contribution in [0.4, 0.5) is 0 Å². The van der Waals surface area contributed by atoms with Gasteiger partial charge in [0.15, 0.2) is 0 Å². The van der Waals surface area contributed by atoms with Gasteiger partial charge < -0.3 is 5.11 Å². The molecule has 1 atom stereocenters. The SMILES string of the molecule is OC(SCc1ccccc1Cl)C(Cl)(Cl)Cl. The Morgan fingerprint density at radius 1 is 1.27 bits per heavy atom. The van der Waals surface area contributed by atoms with Gasteiger partial charge in [-0.05, 0) is 11.6 Å². The van der Waals surface area contributed by atoms with Crippen LogP contribution in [0.2, 0.25) is 5.02 Å². The van der Waals surface area contributed by atoms with Gasteiger partial charge in [0.1, 0.15) is 5.44 Å². The van der Waals surface area contributed by atoms with E-state index >= 15 is 0 Å². The molecular formula is C9H8Cl4OS. The number of aliphatic hydroxyl groups is 1. The standard InChI is InChI=1S/C9H8Cl4OS/c10-7-4-2-1-3-6(7)5-15-8(14)9(11,12)13/h1-4,8,14H,5H2. The number of benzene rings is 1. The number of hydrogen-bond acceptors (Lipinski definition) is 2. The average molecular weight is 306 g/mol. The zero-order valence-corrected chi connectivity index (χ0v) is 11.3. The van der Waals surface area contributed by atoms with Gasteiger partial charge in [-0.25, -0.2) is 0 Å². The Labute approximate surface area is 113 Å². The van der Waals surface area contributed by atoms with Crippen LogP contribution in [0.15, 0.2) is 24.3 Å². The summed E-state index contributed by atoms with van der Waals surface area (Å²) in [5.41, 5.74) is -0.170. The second-order valence-electron chi connectivity index (χ2n) is 2.80. The second kappa shape index (κ2) is 5.85. The highest BCUT2D eigenvalue weighted by Gasteiger charge is 2.31. The average Bonchev–Trinajstić information content (AvgIpc) is 2.14. The molecule has 0 fully saturated rings. The van der Waals surface area contributed by atoms with Gasteiger partial charge in [0.2, 0.25) is 3.79 Å². The van der Waals surface area contributed by atoms with Gasteiger partial charge in [0, 0.05) is 10.8 Å². The monoisotopic (exact) mass is 304 g/mol.